The van der Waals surface area contributed by atoms with Crippen molar-refractivity contribution in [3.63, 3.8) is 0 Å². The molecular formula is C13H17NO4S2. The highest BCUT2D eigenvalue weighted by molar-refractivity contribution is 8.71. The number of carbonyl (C=O) groups excluding carboxylic acids is 1. The third-order valence-electron chi connectivity index (χ3n) is 3.02. The smallest absolute Gasteiger partial charge is 0.410 e. The van der Waals surface area contributed by atoms with Crippen LogP contribution in [0.1, 0.15) is 5.56 Å². The number of amides is 1. The van der Waals surface area contributed by atoms with Crippen LogP contribution in [-0.2, 0) is 20.0 Å². The van der Waals surface area contributed by atoms with Crippen molar-refractivity contribution < 1.29 is 17.9 Å². The maximum Gasteiger partial charge on any atom is 0.410 e. The van der Waals surface area contributed by atoms with Crippen LogP contribution < -0.4 is 0 Å². The molecular weight excluding hydrogens is 298 g/mol. The molecule has 0 N–H and O–H groups in total. The fourth-order valence-electron chi connectivity index (χ4n) is 2.11. The minimum atomic E-state index is -3.07. The summed E-state index contributed by atoms with van der Waals surface area (Å²) >= 11 is 0. The summed E-state index contributed by atoms with van der Waals surface area (Å²) < 4.78 is 27.2. The molecule has 1 fully saturated rings. The number of rotatable bonds is 6. The standard InChI is InChI=1S/C13H17NO4S2/c1-20(16,17)19-8-7-14-12(10-18-13(14)15)9-11-5-3-2-4-6-11/h2-6,12H,7-10H2,1H3/t12-/m0/s1. The molecule has 1 aliphatic heterocycles. The highest BCUT2D eigenvalue weighted by Gasteiger charge is 2.32. The first-order valence-corrected chi connectivity index (χ1v) is 9.67. The monoisotopic (exact) mass is 315 g/mol. The number of nitrogens with zero attached hydrogens (tertiary/aromatic N) is 1. The summed E-state index contributed by atoms with van der Waals surface area (Å²) in [6, 6.07) is 9.84. The van der Waals surface area contributed by atoms with Crippen LogP contribution in [-0.4, -0.2) is 50.6 Å². The maximum absolute atomic E-state index is 11.7. The molecule has 1 amide bonds. The van der Waals surface area contributed by atoms with E-state index in [4.69, 9.17) is 4.74 Å². The summed E-state index contributed by atoms with van der Waals surface area (Å²) in [5.41, 5.74) is 1.14. The van der Waals surface area contributed by atoms with Gasteiger partial charge >= 0.3 is 6.09 Å². The molecule has 0 bridgehead atoms. The van der Waals surface area contributed by atoms with E-state index in [0.717, 1.165) is 22.8 Å². The predicted octanol–water partition coefficient (Wildman–Crippen LogP) is 1.74. The average molecular weight is 315 g/mol. The van der Waals surface area contributed by atoms with Gasteiger partial charge in [0.15, 0.2) is 8.87 Å². The van der Waals surface area contributed by atoms with Gasteiger partial charge in [-0.15, -0.1) is 0 Å². The third kappa shape index (κ3) is 4.42. The minimum Gasteiger partial charge on any atom is -0.447 e. The van der Waals surface area contributed by atoms with Crippen molar-refractivity contribution in [2.75, 3.05) is 25.2 Å². The Kier molecular flexibility index (Phi) is 4.93. The number of hydrogen-bond acceptors (Lipinski definition) is 5. The molecule has 0 aliphatic carbocycles. The van der Waals surface area contributed by atoms with Gasteiger partial charge in [0.2, 0.25) is 0 Å². The molecule has 1 aliphatic rings. The van der Waals surface area contributed by atoms with E-state index in [0.29, 0.717) is 18.9 Å². The highest BCUT2D eigenvalue weighted by Crippen LogP contribution is 2.19. The summed E-state index contributed by atoms with van der Waals surface area (Å²) in [6.07, 6.45) is 1.53. The van der Waals surface area contributed by atoms with Gasteiger partial charge in [0, 0.05) is 18.6 Å². The quantitative estimate of drug-likeness (QED) is 0.748. The Morgan fingerprint density at radius 3 is 2.70 bits per heavy atom. The Morgan fingerprint density at radius 1 is 1.35 bits per heavy atom. The van der Waals surface area contributed by atoms with Crippen molar-refractivity contribution in [2.24, 2.45) is 0 Å². The number of benzene rings is 1. The molecule has 7 heteroatoms. The molecule has 110 valence electrons. The normalized spacial score (nSPS) is 19.1. The number of carbonyl (C=O) groups is 1. The zero-order valence-electron chi connectivity index (χ0n) is 11.2. The summed E-state index contributed by atoms with van der Waals surface area (Å²) in [5, 5.41) is 0. The van der Waals surface area contributed by atoms with Crippen molar-refractivity contribution in [2.45, 2.75) is 12.5 Å². The average Bonchev–Trinajstić information content (AvgIpc) is 2.71. The van der Waals surface area contributed by atoms with Gasteiger partial charge in [-0.2, -0.15) is 0 Å². The molecule has 0 unspecified atom stereocenters. The van der Waals surface area contributed by atoms with E-state index in [1.807, 2.05) is 30.3 Å². The van der Waals surface area contributed by atoms with E-state index in [1.165, 1.54) is 6.26 Å². The van der Waals surface area contributed by atoms with Crippen molar-refractivity contribution >= 4 is 25.8 Å². The largest absolute Gasteiger partial charge is 0.447 e. The van der Waals surface area contributed by atoms with E-state index in [-0.39, 0.29) is 12.1 Å². The van der Waals surface area contributed by atoms with E-state index >= 15 is 0 Å². The number of cyclic esters (lactones) is 1. The van der Waals surface area contributed by atoms with E-state index in [2.05, 4.69) is 0 Å². The van der Waals surface area contributed by atoms with Crippen LogP contribution in [0.25, 0.3) is 0 Å². The van der Waals surface area contributed by atoms with Gasteiger partial charge in [-0.25, -0.2) is 13.2 Å². The molecule has 0 radical (unpaired) electrons. The maximum atomic E-state index is 11.7. The van der Waals surface area contributed by atoms with Crippen LogP contribution >= 0.6 is 10.8 Å². The molecule has 0 spiro atoms. The number of ether oxygens (including phenoxy) is 1. The van der Waals surface area contributed by atoms with Crippen molar-refractivity contribution in [3.05, 3.63) is 35.9 Å². The van der Waals surface area contributed by atoms with E-state index in [1.54, 1.807) is 4.90 Å². The molecule has 0 saturated carbocycles. The fourth-order valence-corrected chi connectivity index (χ4v) is 3.81. The van der Waals surface area contributed by atoms with Gasteiger partial charge in [0.05, 0.1) is 6.04 Å². The fraction of sp³-hybridized carbons (Fsp3) is 0.462. The second kappa shape index (κ2) is 6.49. The van der Waals surface area contributed by atoms with E-state index < -0.39 is 8.87 Å². The van der Waals surface area contributed by atoms with Crippen molar-refractivity contribution in [1.82, 2.24) is 4.90 Å². The Morgan fingerprint density at radius 2 is 2.05 bits per heavy atom. The third-order valence-corrected chi connectivity index (χ3v) is 5.58. The lowest BCUT2D eigenvalue weighted by molar-refractivity contribution is 0.159. The van der Waals surface area contributed by atoms with Gasteiger partial charge < -0.3 is 9.64 Å². The van der Waals surface area contributed by atoms with Crippen molar-refractivity contribution in [1.29, 1.82) is 0 Å². The second-order valence-corrected chi connectivity index (χ2v) is 9.22. The first kappa shape index (κ1) is 15.2. The molecule has 20 heavy (non-hydrogen) atoms. The van der Waals surface area contributed by atoms with Gasteiger partial charge in [0.25, 0.3) is 0 Å². The first-order chi connectivity index (χ1) is 9.46. The summed E-state index contributed by atoms with van der Waals surface area (Å²) in [5.74, 6) is 0.360. The van der Waals surface area contributed by atoms with Crippen LogP contribution in [0.4, 0.5) is 4.79 Å². The Bertz CT molecular complexity index is 559. The molecule has 1 heterocycles. The van der Waals surface area contributed by atoms with Gasteiger partial charge in [-0.05, 0) is 22.8 Å². The molecule has 2 rings (SSSR count). The van der Waals surface area contributed by atoms with Crippen LogP contribution in [0.3, 0.4) is 0 Å². The van der Waals surface area contributed by atoms with Gasteiger partial charge in [-0.1, -0.05) is 30.3 Å². The van der Waals surface area contributed by atoms with E-state index in [9.17, 15) is 13.2 Å². The summed E-state index contributed by atoms with van der Waals surface area (Å²) in [7, 11) is -2.22. The first-order valence-electron chi connectivity index (χ1n) is 6.27. The lowest BCUT2D eigenvalue weighted by atomic mass is 10.1. The SMILES string of the molecule is CS(=O)(=O)SCCN1C(=O)OC[C@@H]1Cc1ccccc1. The molecule has 1 saturated heterocycles. The Balaban J connectivity index is 1.93. The number of hydrogen-bond donors (Lipinski definition) is 0. The van der Waals surface area contributed by atoms with Gasteiger partial charge in [-0.3, -0.25) is 0 Å². The van der Waals surface area contributed by atoms with Gasteiger partial charge in [0.1, 0.15) is 6.61 Å². The minimum absolute atomic E-state index is 0.0231. The Hall–Kier alpha value is -1.21. The Labute approximate surface area is 122 Å². The lowest BCUT2D eigenvalue weighted by Crippen LogP contribution is -2.36. The zero-order valence-corrected chi connectivity index (χ0v) is 12.8. The predicted molar refractivity (Wildman–Crippen MR) is 79.3 cm³/mol. The molecule has 5 nitrogen and oxygen atoms in total. The summed E-state index contributed by atoms with van der Waals surface area (Å²) in [4.78, 5) is 13.3. The van der Waals surface area contributed by atoms with Crippen LogP contribution in [0.5, 0.6) is 0 Å². The van der Waals surface area contributed by atoms with Crippen molar-refractivity contribution in [3.8, 4) is 0 Å². The lowest BCUT2D eigenvalue weighted by Gasteiger charge is -2.20. The van der Waals surface area contributed by atoms with Crippen LogP contribution in [0, 0.1) is 0 Å². The van der Waals surface area contributed by atoms with Crippen LogP contribution in [0.15, 0.2) is 30.3 Å². The topological polar surface area (TPSA) is 63.7 Å². The van der Waals surface area contributed by atoms with Crippen LogP contribution in [0.2, 0.25) is 0 Å². The summed E-state index contributed by atoms with van der Waals surface area (Å²) in [6.45, 7) is 0.741. The zero-order chi connectivity index (χ0) is 14.6. The molecule has 1 aromatic rings. The molecule has 1 atom stereocenters. The molecule has 1 aromatic carbocycles. The molecule has 0 aromatic heterocycles. The highest BCUT2D eigenvalue weighted by atomic mass is 33.1. The second-order valence-electron chi connectivity index (χ2n) is 4.64.